The number of piperazine rings is 1. The van der Waals surface area contributed by atoms with Gasteiger partial charge in [0, 0.05) is 43.3 Å². The molecule has 0 saturated carbocycles. The molecule has 124 valence electrons. The SMILES string of the molecule is CC(C)C1=NOC(C(=O)N2CCN(c3cccc(Cl)c3)CC2)C1. The fourth-order valence-electron chi connectivity index (χ4n) is 2.93. The lowest BCUT2D eigenvalue weighted by molar-refractivity contribution is -0.142. The number of rotatable bonds is 3. The molecule has 3 rings (SSSR count). The van der Waals surface area contributed by atoms with Crippen LogP contribution in [0.1, 0.15) is 20.3 Å². The van der Waals surface area contributed by atoms with E-state index in [0.29, 0.717) is 25.4 Å². The van der Waals surface area contributed by atoms with Crippen LogP contribution in [-0.2, 0) is 9.63 Å². The lowest BCUT2D eigenvalue weighted by Crippen LogP contribution is -2.51. The van der Waals surface area contributed by atoms with Gasteiger partial charge in [0.1, 0.15) is 0 Å². The van der Waals surface area contributed by atoms with Crippen molar-refractivity contribution in [3.05, 3.63) is 29.3 Å². The van der Waals surface area contributed by atoms with E-state index >= 15 is 0 Å². The molecule has 2 aliphatic heterocycles. The van der Waals surface area contributed by atoms with Gasteiger partial charge >= 0.3 is 0 Å². The first-order valence-corrected chi connectivity index (χ1v) is 8.44. The predicted molar refractivity (Wildman–Crippen MR) is 92.0 cm³/mol. The molecule has 0 spiro atoms. The smallest absolute Gasteiger partial charge is 0.267 e. The molecule has 1 saturated heterocycles. The standard InChI is InChI=1S/C17H22ClN3O2/c1-12(2)15-11-16(23-19-15)17(22)21-8-6-20(7-9-21)14-5-3-4-13(18)10-14/h3-5,10,12,16H,6-9,11H2,1-2H3. The second-order valence-electron chi connectivity index (χ2n) is 6.33. The number of halogens is 1. The zero-order valence-corrected chi connectivity index (χ0v) is 14.3. The number of carbonyl (C=O) groups is 1. The second-order valence-corrected chi connectivity index (χ2v) is 6.76. The maximum atomic E-state index is 12.6. The third-order valence-electron chi connectivity index (χ3n) is 4.40. The zero-order chi connectivity index (χ0) is 16.4. The van der Waals surface area contributed by atoms with Crippen molar-refractivity contribution in [1.29, 1.82) is 0 Å². The summed E-state index contributed by atoms with van der Waals surface area (Å²) in [7, 11) is 0. The number of benzene rings is 1. The van der Waals surface area contributed by atoms with Crippen molar-refractivity contribution in [1.82, 2.24) is 4.90 Å². The van der Waals surface area contributed by atoms with Crippen molar-refractivity contribution in [2.75, 3.05) is 31.1 Å². The normalized spacial score (nSPS) is 21.4. The first kappa shape index (κ1) is 16.1. The Morgan fingerprint density at radius 2 is 2.04 bits per heavy atom. The first-order chi connectivity index (χ1) is 11.0. The van der Waals surface area contributed by atoms with Crippen molar-refractivity contribution < 1.29 is 9.63 Å². The molecule has 0 radical (unpaired) electrons. The Hall–Kier alpha value is -1.75. The molecule has 1 unspecified atom stereocenters. The summed E-state index contributed by atoms with van der Waals surface area (Å²) in [6.07, 6.45) is 0.176. The summed E-state index contributed by atoms with van der Waals surface area (Å²) >= 11 is 6.05. The van der Waals surface area contributed by atoms with Gasteiger partial charge in [-0.25, -0.2) is 0 Å². The summed E-state index contributed by atoms with van der Waals surface area (Å²) in [5.41, 5.74) is 2.08. The highest BCUT2D eigenvalue weighted by molar-refractivity contribution is 6.30. The van der Waals surface area contributed by atoms with Crippen LogP contribution in [0.25, 0.3) is 0 Å². The summed E-state index contributed by atoms with van der Waals surface area (Å²) in [5.74, 6) is 0.377. The quantitative estimate of drug-likeness (QED) is 0.853. The van der Waals surface area contributed by atoms with Gasteiger partial charge in [-0.3, -0.25) is 4.79 Å². The molecule has 5 nitrogen and oxygen atoms in total. The van der Waals surface area contributed by atoms with Crippen LogP contribution in [0.2, 0.25) is 5.02 Å². The minimum Gasteiger partial charge on any atom is -0.382 e. The van der Waals surface area contributed by atoms with Crippen LogP contribution in [0.4, 0.5) is 5.69 Å². The fourth-order valence-corrected chi connectivity index (χ4v) is 3.12. The fraction of sp³-hybridized carbons (Fsp3) is 0.529. The predicted octanol–water partition coefficient (Wildman–Crippen LogP) is 2.79. The van der Waals surface area contributed by atoms with Crippen molar-refractivity contribution in [3.63, 3.8) is 0 Å². The molecular formula is C17H22ClN3O2. The molecule has 0 aliphatic carbocycles. The maximum absolute atomic E-state index is 12.6. The highest BCUT2D eigenvalue weighted by atomic mass is 35.5. The van der Waals surface area contributed by atoms with E-state index in [4.69, 9.17) is 16.4 Å². The summed E-state index contributed by atoms with van der Waals surface area (Å²) in [4.78, 5) is 22.0. The number of amides is 1. The molecule has 0 N–H and O–H groups in total. The average molecular weight is 336 g/mol. The highest BCUT2D eigenvalue weighted by Gasteiger charge is 2.34. The van der Waals surface area contributed by atoms with Crippen LogP contribution in [0.3, 0.4) is 0 Å². The Morgan fingerprint density at radius 1 is 1.30 bits per heavy atom. The molecule has 1 atom stereocenters. The Kier molecular flexibility index (Phi) is 4.76. The Morgan fingerprint density at radius 3 is 2.65 bits per heavy atom. The lowest BCUT2D eigenvalue weighted by Gasteiger charge is -2.36. The van der Waals surface area contributed by atoms with Crippen molar-refractivity contribution in [2.45, 2.75) is 26.4 Å². The third-order valence-corrected chi connectivity index (χ3v) is 4.63. The van der Waals surface area contributed by atoms with Gasteiger partial charge in [-0.1, -0.05) is 36.7 Å². The molecule has 0 aromatic heterocycles. The van der Waals surface area contributed by atoms with Gasteiger partial charge in [0.05, 0.1) is 5.71 Å². The number of hydrogen-bond donors (Lipinski definition) is 0. The van der Waals surface area contributed by atoms with Crippen LogP contribution >= 0.6 is 11.6 Å². The number of carbonyl (C=O) groups excluding carboxylic acids is 1. The maximum Gasteiger partial charge on any atom is 0.267 e. The lowest BCUT2D eigenvalue weighted by atomic mass is 10.0. The molecule has 1 aromatic rings. The molecule has 2 heterocycles. The van der Waals surface area contributed by atoms with Crippen LogP contribution in [0, 0.1) is 5.92 Å². The Balaban J connectivity index is 1.54. The van der Waals surface area contributed by atoms with Gasteiger partial charge in [-0.2, -0.15) is 0 Å². The van der Waals surface area contributed by atoms with E-state index in [1.165, 1.54) is 0 Å². The van der Waals surface area contributed by atoms with Crippen molar-refractivity contribution in [3.8, 4) is 0 Å². The topological polar surface area (TPSA) is 45.1 Å². The summed E-state index contributed by atoms with van der Waals surface area (Å²) in [6.45, 7) is 7.13. The largest absolute Gasteiger partial charge is 0.382 e. The molecule has 2 aliphatic rings. The van der Waals surface area contributed by atoms with E-state index in [1.54, 1.807) is 0 Å². The molecule has 1 amide bonds. The van der Waals surface area contributed by atoms with E-state index in [9.17, 15) is 4.79 Å². The monoisotopic (exact) mass is 335 g/mol. The van der Waals surface area contributed by atoms with Gasteiger partial charge < -0.3 is 14.6 Å². The van der Waals surface area contributed by atoms with E-state index in [-0.39, 0.29) is 5.91 Å². The summed E-state index contributed by atoms with van der Waals surface area (Å²) < 4.78 is 0. The molecule has 1 aromatic carbocycles. The van der Waals surface area contributed by atoms with Gasteiger partial charge in [0.15, 0.2) is 0 Å². The minimum atomic E-state index is -0.440. The molecular weight excluding hydrogens is 314 g/mol. The third kappa shape index (κ3) is 3.61. The summed E-state index contributed by atoms with van der Waals surface area (Å²) in [6, 6.07) is 7.83. The first-order valence-electron chi connectivity index (χ1n) is 8.06. The number of hydrogen-bond acceptors (Lipinski definition) is 4. The number of anilines is 1. The van der Waals surface area contributed by atoms with Gasteiger partial charge in [-0.05, 0) is 24.1 Å². The van der Waals surface area contributed by atoms with E-state index < -0.39 is 6.10 Å². The highest BCUT2D eigenvalue weighted by Crippen LogP contribution is 2.22. The molecule has 23 heavy (non-hydrogen) atoms. The molecule has 0 bridgehead atoms. The van der Waals surface area contributed by atoms with Gasteiger partial charge in [-0.15, -0.1) is 0 Å². The number of oxime groups is 1. The molecule has 1 fully saturated rings. The van der Waals surface area contributed by atoms with Crippen molar-refractivity contribution in [2.24, 2.45) is 11.1 Å². The van der Waals surface area contributed by atoms with Crippen LogP contribution in [-0.4, -0.2) is 48.8 Å². The Bertz CT molecular complexity index is 610. The van der Waals surface area contributed by atoms with Crippen molar-refractivity contribution >= 4 is 28.9 Å². The van der Waals surface area contributed by atoms with Gasteiger partial charge in [0.25, 0.3) is 5.91 Å². The van der Waals surface area contributed by atoms with Crippen LogP contribution < -0.4 is 4.90 Å². The van der Waals surface area contributed by atoms with Gasteiger partial charge in [0.2, 0.25) is 6.10 Å². The second kappa shape index (κ2) is 6.79. The Labute approximate surface area is 141 Å². The minimum absolute atomic E-state index is 0.0511. The summed E-state index contributed by atoms with van der Waals surface area (Å²) in [5, 5.41) is 4.78. The number of nitrogens with zero attached hydrogens (tertiary/aromatic N) is 3. The molecule has 6 heteroatoms. The zero-order valence-electron chi connectivity index (χ0n) is 13.5. The van der Waals surface area contributed by atoms with Crippen LogP contribution in [0.15, 0.2) is 29.4 Å². The van der Waals surface area contributed by atoms with E-state index in [2.05, 4.69) is 23.9 Å². The average Bonchev–Trinajstić information content (AvgIpc) is 3.04. The van der Waals surface area contributed by atoms with Crippen LogP contribution in [0.5, 0.6) is 0 Å². The van der Waals surface area contributed by atoms with E-state index in [1.807, 2.05) is 29.2 Å². The van der Waals surface area contributed by atoms with E-state index in [0.717, 1.165) is 29.5 Å².